The average molecular weight is 386 g/mol. The number of rotatable bonds is 4. The van der Waals surface area contributed by atoms with Crippen LogP contribution in [0.4, 0.5) is 0 Å². The van der Waals surface area contributed by atoms with Crippen LogP contribution in [-0.4, -0.2) is 32.1 Å². The van der Waals surface area contributed by atoms with Gasteiger partial charge in [-0.1, -0.05) is 47.5 Å². The van der Waals surface area contributed by atoms with Gasteiger partial charge in [-0.3, -0.25) is 4.79 Å². The van der Waals surface area contributed by atoms with Crippen LogP contribution in [-0.2, 0) is 0 Å². The Hall–Kier alpha value is -2.95. The van der Waals surface area contributed by atoms with E-state index in [1.54, 1.807) is 0 Å². The van der Waals surface area contributed by atoms with Gasteiger partial charge in [0.2, 0.25) is 5.82 Å². The first-order chi connectivity index (χ1) is 14.1. The lowest BCUT2D eigenvalue weighted by Gasteiger charge is -2.24. The summed E-state index contributed by atoms with van der Waals surface area (Å²) in [5, 5.41) is 4.66. The summed E-state index contributed by atoms with van der Waals surface area (Å²) >= 11 is 0. The van der Waals surface area contributed by atoms with E-state index in [2.05, 4.69) is 37.1 Å². The third-order valence-corrected chi connectivity index (χ3v) is 5.91. The summed E-state index contributed by atoms with van der Waals surface area (Å²) < 4.78 is 1.87. The SMILES string of the molecule is Cc1cc(C)cc(C2CCCN2C(=O)c2nc(C3CC3)n(-c3ccccc3)n2)c1. The molecule has 2 aromatic carbocycles. The minimum Gasteiger partial charge on any atom is -0.329 e. The van der Waals surface area contributed by atoms with Gasteiger partial charge in [-0.05, 0) is 57.2 Å². The van der Waals surface area contributed by atoms with Crippen LogP contribution in [0.1, 0.15) is 70.8 Å². The molecule has 1 amide bonds. The molecule has 1 unspecified atom stereocenters. The number of aromatic nitrogens is 3. The van der Waals surface area contributed by atoms with Crippen molar-refractivity contribution in [3.8, 4) is 5.69 Å². The third kappa shape index (κ3) is 3.46. The molecule has 1 atom stereocenters. The molecule has 2 heterocycles. The molecule has 1 saturated heterocycles. The summed E-state index contributed by atoms with van der Waals surface area (Å²) in [7, 11) is 0. The van der Waals surface area contributed by atoms with Gasteiger partial charge in [0.15, 0.2) is 0 Å². The van der Waals surface area contributed by atoms with Crippen LogP contribution < -0.4 is 0 Å². The summed E-state index contributed by atoms with van der Waals surface area (Å²) in [4.78, 5) is 20.1. The van der Waals surface area contributed by atoms with Gasteiger partial charge in [-0.25, -0.2) is 9.67 Å². The number of para-hydroxylation sites is 1. The molecule has 148 valence electrons. The normalized spacial score (nSPS) is 19.0. The van der Waals surface area contributed by atoms with Gasteiger partial charge in [0.25, 0.3) is 5.91 Å². The van der Waals surface area contributed by atoms with Crippen molar-refractivity contribution in [2.75, 3.05) is 6.54 Å². The molecular formula is C24H26N4O. The third-order valence-electron chi connectivity index (χ3n) is 5.91. The molecule has 1 aromatic heterocycles. The molecule has 0 N–H and O–H groups in total. The molecule has 5 nitrogen and oxygen atoms in total. The molecule has 29 heavy (non-hydrogen) atoms. The van der Waals surface area contributed by atoms with E-state index >= 15 is 0 Å². The van der Waals surface area contributed by atoms with E-state index in [1.165, 1.54) is 16.7 Å². The van der Waals surface area contributed by atoms with Crippen molar-refractivity contribution in [2.24, 2.45) is 0 Å². The maximum Gasteiger partial charge on any atom is 0.294 e. The molecule has 5 rings (SSSR count). The van der Waals surface area contributed by atoms with Gasteiger partial charge < -0.3 is 4.90 Å². The summed E-state index contributed by atoms with van der Waals surface area (Å²) in [6.07, 6.45) is 4.24. The van der Waals surface area contributed by atoms with Crippen molar-refractivity contribution in [3.63, 3.8) is 0 Å². The second-order valence-corrected chi connectivity index (χ2v) is 8.39. The number of likely N-dealkylation sites (tertiary alicyclic amines) is 1. The Balaban J connectivity index is 1.48. The predicted octanol–water partition coefficient (Wildman–Crippen LogP) is 4.74. The number of amides is 1. The monoisotopic (exact) mass is 386 g/mol. The first kappa shape index (κ1) is 18.1. The summed E-state index contributed by atoms with van der Waals surface area (Å²) in [5.41, 5.74) is 4.66. The van der Waals surface area contributed by atoms with E-state index in [-0.39, 0.29) is 11.9 Å². The van der Waals surface area contributed by atoms with Crippen molar-refractivity contribution >= 4 is 5.91 Å². The molecule has 2 fully saturated rings. The topological polar surface area (TPSA) is 51.0 Å². The van der Waals surface area contributed by atoms with Crippen LogP contribution in [0.3, 0.4) is 0 Å². The van der Waals surface area contributed by atoms with E-state index in [4.69, 9.17) is 4.98 Å². The summed E-state index contributed by atoms with van der Waals surface area (Å²) in [5.74, 6) is 1.61. The highest BCUT2D eigenvalue weighted by Gasteiger charge is 2.36. The van der Waals surface area contributed by atoms with Crippen molar-refractivity contribution < 1.29 is 4.79 Å². The second-order valence-electron chi connectivity index (χ2n) is 8.39. The number of aryl methyl sites for hydroxylation is 2. The maximum absolute atomic E-state index is 13.4. The van der Waals surface area contributed by atoms with Crippen LogP contribution in [0.25, 0.3) is 5.69 Å². The highest BCUT2D eigenvalue weighted by molar-refractivity contribution is 5.91. The zero-order valence-corrected chi connectivity index (χ0v) is 17.0. The lowest BCUT2D eigenvalue weighted by atomic mass is 9.99. The molecular weight excluding hydrogens is 360 g/mol. The summed E-state index contributed by atoms with van der Waals surface area (Å²) in [6, 6.07) is 16.7. The van der Waals surface area contributed by atoms with Crippen LogP contribution in [0.15, 0.2) is 48.5 Å². The predicted molar refractivity (Wildman–Crippen MR) is 112 cm³/mol. The molecule has 0 bridgehead atoms. The van der Waals surface area contributed by atoms with E-state index in [1.807, 2.05) is 39.9 Å². The van der Waals surface area contributed by atoms with Crippen LogP contribution in [0.5, 0.6) is 0 Å². The van der Waals surface area contributed by atoms with Crippen molar-refractivity contribution in [1.29, 1.82) is 0 Å². The highest BCUT2D eigenvalue weighted by atomic mass is 16.2. The number of nitrogens with zero attached hydrogens (tertiary/aromatic N) is 4. The molecule has 1 saturated carbocycles. The van der Waals surface area contributed by atoms with Gasteiger partial charge in [-0.2, -0.15) is 0 Å². The van der Waals surface area contributed by atoms with Gasteiger partial charge in [0.1, 0.15) is 5.82 Å². The number of benzene rings is 2. The minimum absolute atomic E-state index is 0.0526. The van der Waals surface area contributed by atoms with Crippen molar-refractivity contribution in [2.45, 2.75) is 51.5 Å². The molecule has 0 spiro atoms. The smallest absolute Gasteiger partial charge is 0.294 e. The van der Waals surface area contributed by atoms with E-state index in [0.29, 0.717) is 11.7 Å². The fourth-order valence-corrected chi connectivity index (χ4v) is 4.47. The van der Waals surface area contributed by atoms with Gasteiger partial charge in [0.05, 0.1) is 11.7 Å². The van der Waals surface area contributed by atoms with Gasteiger partial charge >= 0.3 is 0 Å². The summed E-state index contributed by atoms with van der Waals surface area (Å²) in [6.45, 7) is 4.99. The van der Waals surface area contributed by atoms with Crippen LogP contribution in [0.2, 0.25) is 0 Å². The minimum atomic E-state index is -0.0526. The Kier molecular flexibility index (Phi) is 4.46. The zero-order valence-electron chi connectivity index (χ0n) is 17.0. The van der Waals surface area contributed by atoms with Gasteiger partial charge in [0, 0.05) is 12.5 Å². The highest BCUT2D eigenvalue weighted by Crippen LogP contribution is 2.40. The molecule has 5 heteroatoms. The Labute approximate surface area is 171 Å². The molecule has 2 aliphatic rings. The Morgan fingerprint density at radius 3 is 2.41 bits per heavy atom. The Bertz CT molecular complexity index is 1030. The molecule has 0 radical (unpaired) electrons. The van der Waals surface area contributed by atoms with Crippen molar-refractivity contribution in [1.82, 2.24) is 19.7 Å². The standard InChI is InChI=1S/C24H26N4O/c1-16-13-17(2)15-19(14-16)21-9-6-12-27(21)24(29)22-25-23(18-10-11-18)28(26-22)20-7-4-3-5-8-20/h3-5,7-8,13-15,18,21H,6,9-12H2,1-2H3. The van der Waals surface area contributed by atoms with E-state index in [9.17, 15) is 4.79 Å². The van der Waals surface area contributed by atoms with E-state index < -0.39 is 0 Å². The lowest BCUT2D eigenvalue weighted by molar-refractivity contribution is 0.0723. The maximum atomic E-state index is 13.4. The number of carbonyl (C=O) groups excluding carboxylic acids is 1. The van der Waals surface area contributed by atoms with Gasteiger partial charge in [-0.15, -0.1) is 5.10 Å². The largest absolute Gasteiger partial charge is 0.329 e. The van der Waals surface area contributed by atoms with Crippen LogP contribution >= 0.6 is 0 Å². The Morgan fingerprint density at radius 2 is 1.72 bits per heavy atom. The Morgan fingerprint density at radius 1 is 1.00 bits per heavy atom. The quantitative estimate of drug-likeness (QED) is 0.651. The average Bonchev–Trinajstić information content (AvgIpc) is 3.27. The fourth-order valence-electron chi connectivity index (χ4n) is 4.47. The first-order valence-electron chi connectivity index (χ1n) is 10.5. The number of hydrogen-bond donors (Lipinski definition) is 0. The molecule has 1 aliphatic heterocycles. The molecule has 3 aromatic rings. The zero-order chi connectivity index (χ0) is 20.0. The van der Waals surface area contributed by atoms with Crippen LogP contribution in [0, 0.1) is 13.8 Å². The lowest BCUT2D eigenvalue weighted by Crippen LogP contribution is -2.31. The number of carbonyl (C=O) groups is 1. The van der Waals surface area contributed by atoms with E-state index in [0.717, 1.165) is 43.7 Å². The molecule has 1 aliphatic carbocycles. The first-order valence-corrected chi connectivity index (χ1v) is 10.5. The fraction of sp³-hybridized carbons (Fsp3) is 0.375. The second kappa shape index (κ2) is 7.14. The van der Waals surface area contributed by atoms with Crippen molar-refractivity contribution in [3.05, 3.63) is 76.9 Å². The number of hydrogen-bond acceptors (Lipinski definition) is 3.